The molecule has 0 aliphatic rings. The SMILES string of the molecule is CNC(=O)c1nc(-c2cccc(C(=O)NCc3ccc4ccccc4c3)c2)cnc1N. The van der Waals surface area contributed by atoms with Crippen molar-refractivity contribution in [2.45, 2.75) is 6.54 Å². The number of carbonyl (C=O) groups excluding carboxylic acids is 2. The number of amides is 2. The van der Waals surface area contributed by atoms with Gasteiger partial charge in [0.2, 0.25) is 0 Å². The lowest BCUT2D eigenvalue weighted by molar-refractivity contribution is 0.0945. The smallest absolute Gasteiger partial charge is 0.273 e. The predicted octanol–water partition coefficient (Wildman–Crippen LogP) is 3.17. The molecule has 0 atom stereocenters. The Labute approximate surface area is 179 Å². The summed E-state index contributed by atoms with van der Waals surface area (Å²) >= 11 is 0. The summed E-state index contributed by atoms with van der Waals surface area (Å²) in [7, 11) is 1.50. The second kappa shape index (κ2) is 8.62. The Morgan fingerprint density at radius 3 is 2.55 bits per heavy atom. The van der Waals surface area contributed by atoms with Crippen molar-refractivity contribution in [2.24, 2.45) is 0 Å². The van der Waals surface area contributed by atoms with Gasteiger partial charge in [-0.15, -0.1) is 0 Å². The highest BCUT2D eigenvalue weighted by Gasteiger charge is 2.14. The third-order valence-electron chi connectivity index (χ3n) is 4.93. The third kappa shape index (κ3) is 4.35. The molecule has 7 heteroatoms. The molecule has 4 aromatic rings. The van der Waals surface area contributed by atoms with Crippen LogP contribution >= 0.6 is 0 Å². The third-order valence-corrected chi connectivity index (χ3v) is 4.93. The van der Waals surface area contributed by atoms with Crippen LogP contribution in [0.5, 0.6) is 0 Å². The van der Waals surface area contributed by atoms with Crippen molar-refractivity contribution in [3.63, 3.8) is 0 Å². The van der Waals surface area contributed by atoms with Crippen molar-refractivity contribution in [1.29, 1.82) is 0 Å². The highest BCUT2D eigenvalue weighted by molar-refractivity contribution is 5.97. The summed E-state index contributed by atoms with van der Waals surface area (Å²) in [4.78, 5) is 33.0. The molecule has 31 heavy (non-hydrogen) atoms. The van der Waals surface area contributed by atoms with E-state index in [1.165, 1.54) is 13.2 Å². The first kappa shape index (κ1) is 20.0. The molecule has 3 aromatic carbocycles. The van der Waals surface area contributed by atoms with Crippen molar-refractivity contribution >= 4 is 28.4 Å². The lowest BCUT2D eigenvalue weighted by atomic mass is 10.1. The fraction of sp³-hybridized carbons (Fsp3) is 0.0833. The summed E-state index contributed by atoms with van der Waals surface area (Å²) < 4.78 is 0. The van der Waals surface area contributed by atoms with E-state index in [2.05, 4.69) is 32.7 Å². The molecule has 4 rings (SSSR count). The summed E-state index contributed by atoms with van der Waals surface area (Å²) in [5, 5.41) is 7.72. The average molecular weight is 411 g/mol. The van der Waals surface area contributed by atoms with E-state index >= 15 is 0 Å². The maximum atomic E-state index is 12.7. The molecule has 0 radical (unpaired) electrons. The standard InChI is InChI=1S/C24H21N5O2/c1-26-24(31)21-22(25)27-14-20(29-21)18-7-4-8-19(12-18)23(30)28-13-15-9-10-16-5-2-3-6-17(16)11-15/h2-12,14H,13H2,1H3,(H2,25,27)(H,26,31)(H,28,30). The number of hydrogen-bond donors (Lipinski definition) is 3. The maximum Gasteiger partial charge on any atom is 0.273 e. The van der Waals surface area contributed by atoms with Gasteiger partial charge in [0.25, 0.3) is 11.8 Å². The molecule has 0 saturated carbocycles. The van der Waals surface area contributed by atoms with Crippen molar-refractivity contribution in [1.82, 2.24) is 20.6 Å². The first-order chi connectivity index (χ1) is 15.0. The Morgan fingerprint density at radius 1 is 0.935 bits per heavy atom. The molecule has 1 heterocycles. The largest absolute Gasteiger partial charge is 0.382 e. The number of fused-ring (bicyclic) bond motifs is 1. The Kier molecular flexibility index (Phi) is 5.57. The molecule has 0 bridgehead atoms. The van der Waals surface area contributed by atoms with E-state index < -0.39 is 5.91 Å². The van der Waals surface area contributed by atoms with Gasteiger partial charge in [-0.05, 0) is 34.5 Å². The average Bonchev–Trinajstić information content (AvgIpc) is 2.82. The van der Waals surface area contributed by atoms with E-state index in [0.29, 0.717) is 23.4 Å². The molecule has 0 unspecified atom stereocenters. The molecule has 1 aromatic heterocycles. The molecule has 2 amide bonds. The Hall–Kier alpha value is -4.26. The van der Waals surface area contributed by atoms with Crippen LogP contribution in [0.4, 0.5) is 5.82 Å². The highest BCUT2D eigenvalue weighted by Crippen LogP contribution is 2.20. The first-order valence-electron chi connectivity index (χ1n) is 9.76. The Balaban J connectivity index is 1.52. The van der Waals surface area contributed by atoms with Crippen molar-refractivity contribution < 1.29 is 9.59 Å². The van der Waals surface area contributed by atoms with Crippen LogP contribution in [0.2, 0.25) is 0 Å². The van der Waals surface area contributed by atoms with Gasteiger partial charge in [0.05, 0.1) is 11.9 Å². The van der Waals surface area contributed by atoms with Crippen LogP contribution in [0.15, 0.2) is 72.9 Å². The number of nitrogen functional groups attached to an aromatic ring is 1. The number of benzene rings is 3. The second-order valence-corrected chi connectivity index (χ2v) is 7.01. The number of aromatic nitrogens is 2. The van der Waals surface area contributed by atoms with Crippen LogP contribution in [-0.4, -0.2) is 28.8 Å². The van der Waals surface area contributed by atoms with Gasteiger partial charge >= 0.3 is 0 Å². The molecule has 0 saturated heterocycles. The summed E-state index contributed by atoms with van der Waals surface area (Å²) in [6, 6.07) is 21.2. The predicted molar refractivity (Wildman–Crippen MR) is 120 cm³/mol. The summed E-state index contributed by atoms with van der Waals surface area (Å²) in [6.45, 7) is 0.413. The zero-order valence-corrected chi connectivity index (χ0v) is 16.9. The number of rotatable bonds is 5. The van der Waals surface area contributed by atoms with E-state index in [4.69, 9.17) is 5.73 Å². The molecule has 0 aliphatic carbocycles. The Morgan fingerprint density at radius 2 is 1.74 bits per heavy atom. The molecule has 154 valence electrons. The van der Waals surface area contributed by atoms with E-state index in [-0.39, 0.29) is 17.4 Å². The number of anilines is 1. The quantitative estimate of drug-likeness (QED) is 0.467. The monoisotopic (exact) mass is 411 g/mol. The van der Waals surface area contributed by atoms with E-state index in [1.807, 2.05) is 30.3 Å². The number of hydrogen-bond acceptors (Lipinski definition) is 5. The minimum Gasteiger partial charge on any atom is -0.382 e. The van der Waals surface area contributed by atoms with Gasteiger partial charge in [-0.1, -0.05) is 48.5 Å². The van der Waals surface area contributed by atoms with Crippen molar-refractivity contribution in [2.75, 3.05) is 12.8 Å². The fourth-order valence-electron chi connectivity index (χ4n) is 3.28. The normalized spacial score (nSPS) is 10.6. The lowest BCUT2D eigenvalue weighted by Crippen LogP contribution is -2.23. The van der Waals surface area contributed by atoms with Crippen molar-refractivity contribution in [3.8, 4) is 11.3 Å². The summed E-state index contributed by atoms with van der Waals surface area (Å²) in [6.07, 6.45) is 1.48. The lowest BCUT2D eigenvalue weighted by Gasteiger charge is -2.09. The molecule has 4 N–H and O–H groups in total. The van der Waals surface area contributed by atoms with Crippen LogP contribution in [-0.2, 0) is 6.54 Å². The molecule has 0 aliphatic heterocycles. The Bertz CT molecular complexity index is 1290. The first-order valence-corrected chi connectivity index (χ1v) is 9.76. The van der Waals surface area contributed by atoms with Crippen LogP contribution in [0.1, 0.15) is 26.4 Å². The molecular weight excluding hydrogens is 390 g/mol. The summed E-state index contributed by atoms with van der Waals surface area (Å²) in [5.41, 5.74) is 8.42. The van der Waals surface area contributed by atoms with Gasteiger partial charge in [-0.2, -0.15) is 0 Å². The fourth-order valence-corrected chi connectivity index (χ4v) is 3.28. The molecule has 0 spiro atoms. The number of nitrogens with one attached hydrogen (secondary N) is 2. The van der Waals surface area contributed by atoms with Crippen LogP contribution in [0.25, 0.3) is 22.0 Å². The molecular formula is C24H21N5O2. The van der Waals surface area contributed by atoms with Gasteiger partial charge in [0, 0.05) is 24.7 Å². The molecule has 7 nitrogen and oxygen atoms in total. The zero-order valence-electron chi connectivity index (χ0n) is 16.9. The van der Waals surface area contributed by atoms with Gasteiger partial charge in [0.15, 0.2) is 11.5 Å². The van der Waals surface area contributed by atoms with Gasteiger partial charge in [-0.25, -0.2) is 9.97 Å². The van der Waals surface area contributed by atoms with Crippen LogP contribution in [0, 0.1) is 0 Å². The van der Waals surface area contributed by atoms with Gasteiger partial charge in [-0.3, -0.25) is 9.59 Å². The number of carbonyl (C=O) groups is 2. The van der Waals surface area contributed by atoms with Gasteiger partial charge in [0.1, 0.15) is 0 Å². The van der Waals surface area contributed by atoms with Crippen LogP contribution < -0.4 is 16.4 Å². The van der Waals surface area contributed by atoms with E-state index in [1.54, 1.807) is 24.3 Å². The topological polar surface area (TPSA) is 110 Å². The zero-order chi connectivity index (χ0) is 21.8. The van der Waals surface area contributed by atoms with E-state index in [9.17, 15) is 9.59 Å². The second-order valence-electron chi connectivity index (χ2n) is 7.01. The van der Waals surface area contributed by atoms with Crippen molar-refractivity contribution in [3.05, 3.63) is 89.7 Å². The minimum absolute atomic E-state index is 0.0474. The van der Waals surface area contributed by atoms with Gasteiger partial charge < -0.3 is 16.4 Å². The summed E-state index contributed by atoms with van der Waals surface area (Å²) in [5.74, 6) is -0.576. The minimum atomic E-state index is -0.420. The number of nitrogens with two attached hydrogens (primary N) is 1. The highest BCUT2D eigenvalue weighted by atomic mass is 16.2. The number of nitrogens with zero attached hydrogens (tertiary/aromatic N) is 2. The maximum absolute atomic E-state index is 12.7. The van der Waals surface area contributed by atoms with E-state index in [0.717, 1.165) is 16.3 Å². The molecule has 0 fully saturated rings. The van der Waals surface area contributed by atoms with Crippen LogP contribution in [0.3, 0.4) is 0 Å².